The summed E-state index contributed by atoms with van der Waals surface area (Å²) in [4.78, 5) is 10.4. The van der Waals surface area contributed by atoms with Crippen molar-refractivity contribution in [1.82, 2.24) is 5.32 Å². The van der Waals surface area contributed by atoms with Crippen LogP contribution in [0, 0.1) is 0 Å². The molecule has 0 bridgehead atoms. The van der Waals surface area contributed by atoms with Crippen molar-refractivity contribution >= 4 is 6.09 Å². The van der Waals surface area contributed by atoms with Gasteiger partial charge in [-0.25, -0.2) is 4.79 Å². The fraction of sp³-hybridized carbons (Fsp3) is 0.500. The number of aliphatic hydroxyl groups is 1. The van der Waals surface area contributed by atoms with Crippen LogP contribution in [0.2, 0.25) is 0 Å². The van der Waals surface area contributed by atoms with Crippen LogP contribution in [0.25, 0.3) is 0 Å². The summed E-state index contributed by atoms with van der Waals surface area (Å²) in [7, 11) is 0. The molecule has 0 saturated heterocycles. The van der Waals surface area contributed by atoms with E-state index in [1.807, 2.05) is 30.3 Å². The zero-order valence-corrected chi connectivity index (χ0v) is 10.9. The Morgan fingerprint density at radius 2 is 2.00 bits per heavy atom. The van der Waals surface area contributed by atoms with Gasteiger partial charge in [0, 0.05) is 6.61 Å². The molecule has 0 aliphatic heterocycles. The zero-order valence-electron chi connectivity index (χ0n) is 10.9. The monoisotopic (exact) mass is 267 g/mol. The molecule has 1 amide bonds. The quantitative estimate of drug-likeness (QED) is 0.598. The molecule has 5 heteroatoms. The molecule has 1 atom stereocenters. The third kappa shape index (κ3) is 7.43. The summed E-state index contributed by atoms with van der Waals surface area (Å²) in [6, 6.07) is 9.56. The molecule has 0 saturated carbocycles. The maximum Gasteiger partial charge on any atom is 0.404 e. The molecule has 0 spiro atoms. The average molecular weight is 267 g/mol. The van der Waals surface area contributed by atoms with Crippen molar-refractivity contribution in [3.8, 4) is 0 Å². The average Bonchev–Trinajstić information content (AvgIpc) is 2.42. The summed E-state index contributed by atoms with van der Waals surface area (Å²) in [6.07, 6.45) is 1.20. The van der Waals surface area contributed by atoms with E-state index in [1.54, 1.807) is 0 Å². The molecule has 1 aromatic rings. The number of benzene rings is 1. The second kappa shape index (κ2) is 9.35. The highest BCUT2D eigenvalue weighted by Crippen LogP contribution is 2.04. The number of aliphatic hydroxyl groups excluding tert-OH is 1. The van der Waals surface area contributed by atoms with Gasteiger partial charge in [0.15, 0.2) is 0 Å². The Morgan fingerprint density at radius 3 is 2.63 bits per heavy atom. The number of hydrogen-bond donors (Lipinski definition) is 3. The van der Waals surface area contributed by atoms with Crippen molar-refractivity contribution in [2.75, 3.05) is 13.2 Å². The summed E-state index contributed by atoms with van der Waals surface area (Å²) in [5, 5.41) is 19.8. The first-order valence-corrected chi connectivity index (χ1v) is 6.44. The maximum atomic E-state index is 10.4. The van der Waals surface area contributed by atoms with Gasteiger partial charge >= 0.3 is 6.09 Å². The molecule has 0 heterocycles. The number of amides is 1. The minimum absolute atomic E-state index is 0.169. The normalized spacial score (nSPS) is 12.1. The molecule has 3 N–H and O–H groups in total. The van der Waals surface area contributed by atoms with Gasteiger partial charge in [-0.15, -0.1) is 0 Å². The summed E-state index contributed by atoms with van der Waals surface area (Å²) in [5.41, 5.74) is 1.14. The van der Waals surface area contributed by atoms with E-state index in [0.717, 1.165) is 18.4 Å². The summed E-state index contributed by atoms with van der Waals surface area (Å²) >= 11 is 0. The summed E-state index contributed by atoms with van der Waals surface area (Å²) < 4.78 is 5.52. The molecule has 1 rings (SSSR count). The predicted molar refractivity (Wildman–Crippen MR) is 72.0 cm³/mol. The van der Waals surface area contributed by atoms with Crippen LogP contribution in [0.5, 0.6) is 0 Å². The predicted octanol–water partition coefficient (Wildman–Crippen LogP) is 2.00. The van der Waals surface area contributed by atoms with Crippen molar-refractivity contribution in [1.29, 1.82) is 0 Å². The van der Waals surface area contributed by atoms with Crippen LogP contribution < -0.4 is 5.32 Å². The van der Waals surface area contributed by atoms with Crippen molar-refractivity contribution in [2.24, 2.45) is 0 Å². The third-order valence-corrected chi connectivity index (χ3v) is 2.75. The topological polar surface area (TPSA) is 78.8 Å². The fourth-order valence-corrected chi connectivity index (χ4v) is 1.74. The first kappa shape index (κ1) is 15.5. The molecule has 0 radical (unpaired) electrons. The number of hydrogen-bond acceptors (Lipinski definition) is 3. The smallest absolute Gasteiger partial charge is 0.404 e. The van der Waals surface area contributed by atoms with Gasteiger partial charge in [-0.3, -0.25) is 0 Å². The van der Waals surface area contributed by atoms with Gasteiger partial charge in [-0.1, -0.05) is 30.3 Å². The van der Waals surface area contributed by atoms with E-state index < -0.39 is 6.09 Å². The molecule has 1 aromatic carbocycles. The van der Waals surface area contributed by atoms with Gasteiger partial charge in [0.2, 0.25) is 0 Å². The molecule has 19 heavy (non-hydrogen) atoms. The third-order valence-electron chi connectivity index (χ3n) is 2.75. The van der Waals surface area contributed by atoms with Gasteiger partial charge in [-0.05, 0) is 24.8 Å². The van der Waals surface area contributed by atoms with Crippen molar-refractivity contribution in [3.63, 3.8) is 0 Å². The Kier molecular flexibility index (Phi) is 7.62. The highest BCUT2D eigenvalue weighted by molar-refractivity contribution is 5.64. The number of nitrogens with one attached hydrogen (secondary N) is 1. The fourth-order valence-electron chi connectivity index (χ4n) is 1.74. The van der Waals surface area contributed by atoms with E-state index in [9.17, 15) is 4.79 Å². The molecular formula is C14H21NO4. The highest BCUT2D eigenvalue weighted by Gasteiger charge is 2.09. The van der Waals surface area contributed by atoms with Crippen molar-refractivity contribution < 1.29 is 19.7 Å². The van der Waals surface area contributed by atoms with Crippen LogP contribution in [-0.2, 0) is 11.3 Å². The number of carbonyl (C=O) groups is 1. The van der Waals surface area contributed by atoms with E-state index in [4.69, 9.17) is 14.9 Å². The first-order chi connectivity index (χ1) is 9.22. The second-order valence-electron chi connectivity index (χ2n) is 4.36. The van der Waals surface area contributed by atoms with Gasteiger partial charge in [0.05, 0.1) is 19.3 Å². The maximum absolute atomic E-state index is 10.4. The molecule has 0 aromatic heterocycles. The lowest BCUT2D eigenvalue weighted by Gasteiger charge is -2.13. The zero-order chi connectivity index (χ0) is 13.9. The molecule has 0 fully saturated rings. The Hall–Kier alpha value is -1.59. The van der Waals surface area contributed by atoms with Crippen LogP contribution in [-0.4, -0.2) is 35.6 Å². The lowest BCUT2D eigenvalue weighted by Crippen LogP contribution is -2.36. The van der Waals surface area contributed by atoms with Gasteiger partial charge < -0.3 is 20.3 Å². The molecule has 0 aliphatic carbocycles. The van der Waals surface area contributed by atoms with Crippen LogP contribution in [0.3, 0.4) is 0 Å². The van der Waals surface area contributed by atoms with E-state index in [1.165, 1.54) is 0 Å². The Labute approximate surface area is 113 Å². The largest absolute Gasteiger partial charge is 0.465 e. The van der Waals surface area contributed by atoms with Crippen LogP contribution in [0.15, 0.2) is 30.3 Å². The van der Waals surface area contributed by atoms with Crippen molar-refractivity contribution in [2.45, 2.75) is 31.9 Å². The van der Waals surface area contributed by atoms with E-state index >= 15 is 0 Å². The van der Waals surface area contributed by atoms with Crippen LogP contribution >= 0.6 is 0 Å². The van der Waals surface area contributed by atoms with E-state index in [-0.39, 0.29) is 12.6 Å². The van der Waals surface area contributed by atoms with Crippen LogP contribution in [0.1, 0.15) is 24.8 Å². The minimum atomic E-state index is -1.10. The Morgan fingerprint density at radius 1 is 1.26 bits per heavy atom. The lowest BCUT2D eigenvalue weighted by atomic mass is 10.1. The first-order valence-electron chi connectivity index (χ1n) is 6.44. The second-order valence-corrected chi connectivity index (χ2v) is 4.36. The lowest BCUT2D eigenvalue weighted by molar-refractivity contribution is 0.115. The number of rotatable bonds is 9. The van der Waals surface area contributed by atoms with Crippen molar-refractivity contribution in [3.05, 3.63) is 35.9 Å². The molecular weight excluding hydrogens is 246 g/mol. The summed E-state index contributed by atoms with van der Waals surface area (Å²) in [6.45, 7) is 1.06. The SMILES string of the molecule is O=C(O)N[C@H](CO)CCCCOCc1ccccc1. The standard InChI is InChI=1S/C14H21NO4/c16-10-13(15-14(17)18)8-4-5-9-19-11-12-6-2-1-3-7-12/h1-3,6-7,13,15-16H,4-5,8-11H2,(H,17,18)/t13-/m0/s1. The van der Waals surface area contributed by atoms with Gasteiger partial charge in [0.1, 0.15) is 0 Å². The number of carboxylic acid groups (broad SMARTS) is 1. The highest BCUT2D eigenvalue weighted by atomic mass is 16.5. The number of ether oxygens (including phenoxy) is 1. The van der Waals surface area contributed by atoms with Gasteiger partial charge in [0.25, 0.3) is 0 Å². The van der Waals surface area contributed by atoms with E-state index in [0.29, 0.717) is 19.6 Å². The molecule has 0 unspecified atom stereocenters. The summed E-state index contributed by atoms with van der Waals surface area (Å²) in [5.74, 6) is 0. The molecule has 106 valence electrons. The molecule has 5 nitrogen and oxygen atoms in total. The van der Waals surface area contributed by atoms with Crippen LogP contribution in [0.4, 0.5) is 4.79 Å². The Balaban J connectivity index is 2.03. The van der Waals surface area contributed by atoms with E-state index in [2.05, 4.69) is 5.32 Å². The van der Waals surface area contributed by atoms with Gasteiger partial charge in [-0.2, -0.15) is 0 Å². The molecule has 0 aliphatic rings. The number of unbranched alkanes of at least 4 members (excludes halogenated alkanes) is 1. The Bertz CT molecular complexity index is 356. The minimum Gasteiger partial charge on any atom is -0.465 e.